The van der Waals surface area contributed by atoms with Crippen LogP contribution in [0.2, 0.25) is 0 Å². The van der Waals surface area contributed by atoms with Crippen molar-refractivity contribution in [1.82, 2.24) is 9.80 Å². The quantitative estimate of drug-likeness (QED) is 0.799. The van der Waals surface area contributed by atoms with Crippen molar-refractivity contribution in [3.05, 3.63) is 36.8 Å². The maximum Gasteiger partial charge on any atom is 0.239 e. The van der Waals surface area contributed by atoms with Gasteiger partial charge in [-0.25, -0.2) is 0 Å². The molecule has 1 aromatic rings. The van der Waals surface area contributed by atoms with E-state index in [2.05, 4.69) is 11.5 Å². The van der Waals surface area contributed by atoms with Crippen LogP contribution in [-0.4, -0.2) is 47.9 Å². The van der Waals surface area contributed by atoms with Gasteiger partial charge in [-0.1, -0.05) is 6.08 Å². The molecular formula is C14H21N3O2. The first-order chi connectivity index (χ1) is 9.20. The second kappa shape index (κ2) is 6.54. The van der Waals surface area contributed by atoms with E-state index in [4.69, 9.17) is 10.2 Å². The highest BCUT2D eigenvalue weighted by atomic mass is 16.3. The summed E-state index contributed by atoms with van der Waals surface area (Å²) in [6.45, 7) is 7.57. The number of piperazine rings is 1. The largest absolute Gasteiger partial charge is 0.468 e. The highest BCUT2D eigenvalue weighted by molar-refractivity contribution is 5.81. The molecule has 2 rings (SSSR count). The van der Waals surface area contributed by atoms with E-state index in [1.54, 1.807) is 12.3 Å². The third-order valence-electron chi connectivity index (χ3n) is 3.38. The fourth-order valence-electron chi connectivity index (χ4n) is 2.26. The average molecular weight is 263 g/mol. The zero-order chi connectivity index (χ0) is 13.7. The van der Waals surface area contributed by atoms with Crippen molar-refractivity contribution >= 4 is 5.91 Å². The van der Waals surface area contributed by atoms with E-state index in [0.717, 1.165) is 38.5 Å². The standard InChI is InChI=1S/C14H21N3O2/c1-2-4-13(15)14(18)17-8-6-16(7-9-17)11-12-5-3-10-19-12/h2-3,5,10,13H,1,4,6-9,11,15H2. The number of amides is 1. The summed E-state index contributed by atoms with van der Waals surface area (Å²) in [4.78, 5) is 16.1. The smallest absolute Gasteiger partial charge is 0.239 e. The Morgan fingerprint density at radius 2 is 2.21 bits per heavy atom. The van der Waals surface area contributed by atoms with E-state index in [9.17, 15) is 4.79 Å². The third-order valence-corrected chi connectivity index (χ3v) is 3.38. The molecule has 104 valence electrons. The molecule has 19 heavy (non-hydrogen) atoms. The molecule has 1 atom stereocenters. The van der Waals surface area contributed by atoms with Gasteiger partial charge in [-0.15, -0.1) is 6.58 Å². The molecule has 1 aliphatic heterocycles. The minimum atomic E-state index is -0.450. The minimum Gasteiger partial charge on any atom is -0.468 e. The molecule has 1 aliphatic rings. The number of hydrogen-bond acceptors (Lipinski definition) is 4. The van der Waals surface area contributed by atoms with Gasteiger partial charge < -0.3 is 15.1 Å². The first kappa shape index (κ1) is 13.8. The average Bonchev–Trinajstić information content (AvgIpc) is 2.92. The van der Waals surface area contributed by atoms with Crippen molar-refractivity contribution in [3.8, 4) is 0 Å². The first-order valence-electron chi connectivity index (χ1n) is 6.60. The maximum absolute atomic E-state index is 12.0. The summed E-state index contributed by atoms with van der Waals surface area (Å²) >= 11 is 0. The van der Waals surface area contributed by atoms with Crippen molar-refractivity contribution in [1.29, 1.82) is 0 Å². The van der Waals surface area contributed by atoms with Crippen LogP contribution in [0.5, 0.6) is 0 Å². The summed E-state index contributed by atoms with van der Waals surface area (Å²) in [7, 11) is 0. The summed E-state index contributed by atoms with van der Waals surface area (Å²) in [6, 6.07) is 3.41. The van der Waals surface area contributed by atoms with Gasteiger partial charge in [-0.3, -0.25) is 9.69 Å². The zero-order valence-corrected chi connectivity index (χ0v) is 11.1. The number of furan rings is 1. The Morgan fingerprint density at radius 1 is 1.47 bits per heavy atom. The lowest BCUT2D eigenvalue weighted by molar-refractivity contribution is -0.134. The highest BCUT2D eigenvalue weighted by Gasteiger charge is 2.24. The van der Waals surface area contributed by atoms with Crippen LogP contribution in [0, 0.1) is 0 Å². The van der Waals surface area contributed by atoms with Crippen molar-refractivity contribution in [2.24, 2.45) is 5.73 Å². The summed E-state index contributed by atoms with van der Waals surface area (Å²) in [6.07, 6.45) is 3.91. The molecule has 0 saturated carbocycles. The van der Waals surface area contributed by atoms with Crippen LogP contribution in [0.15, 0.2) is 35.5 Å². The van der Waals surface area contributed by atoms with E-state index in [-0.39, 0.29) is 5.91 Å². The molecule has 2 heterocycles. The summed E-state index contributed by atoms with van der Waals surface area (Å²) in [5.41, 5.74) is 5.81. The van der Waals surface area contributed by atoms with Gasteiger partial charge in [-0.05, 0) is 18.6 Å². The molecule has 5 nitrogen and oxygen atoms in total. The molecule has 0 bridgehead atoms. The van der Waals surface area contributed by atoms with Gasteiger partial charge in [0, 0.05) is 26.2 Å². The van der Waals surface area contributed by atoms with Crippen LogP contribution < -0.4 is 5.73 Å². The first-order valence-corrected chi connectivity index (χ1v) is 6.60. The predicted molar refractivity (Wildman–Crippen MR) is 73.4 cm³/mol. The van der Waals surface area contributed by atoms with Gasteiger partial charge in [-0.2, -0.15) is 0 Å². The molecule has 5 heteroatoms. The van der Waals surface area contributed by atoms with Crippen molar-refractivity contribution < 1.29 is 9.21 Å². The Bertz CT molecular complexity index is 408. The fraction of sp³-hybridized carbons (Fsp3) is 0.500. The van der Waals surface area contributed by atoms with Gasteiger partial charge in [0.15, 0.2) is 0 Å². The zero-order valence-electron chi connectivity index (χ0n) is 11.1. The van der Waals surface area contributed by atoms with Crippen LogP contribution >= 0.6 is 0 Å². The second-order valence-electron chi connectivity index (χ2n) is 4.81. The number of carbonyl (C=O) groups excluding carboxylic acids is 1. The molecular weight excluding hydrogens is 242 g/mol. The molecule has 0 aliphatic carbocycles. The highest BCUT2D eigenvalue weighted by Crippen LogP contribution is 2.10. The SMILES string of the molecule is C=CCC(N)C(=O)N1CCN(Cc2ccco2)CC1. The van der Waals surface area contributed by atoms with Gasteiger partial charge in [0.1, 0.15) is 5.76 Å². The Morgan fingerprint density at radius 3 is 2.79 bits per heavy atom. The lowest BCUT2D eigenvalue weighted by atomic mass is 10.1. The maximum atomic E-state index is 12.0. The summed E-state index contributed by atoms with van der Waals surface area (Å²) in [5, 5.41) is 0. The molecule has 1 unspecified atom stereocenters. The summed E-state index contributed by atoms with van der Waals surface area (Å²) < 4.78 is 5.33. The molecule has 2 N–H and O–H groups in total. The van der Waals surface area contributed by atoms with E-state index >= 15 is 0 Å². The van der Waals surface area contributed by atoms with Crippen LogP contribution in [0.25, 0.3) is 0 Å². The van der Waals surface area contributed by atoms with Crippen molar-refractivity contribution in [2.45, 2.75) is 19.0 Å². The van der Waals surface area contributed by atoms with Gasteiger partial charge in [0.2, 0.25) is 5.91 Å². The van der Waals surface area contributed by atoms with Crippen molar-refractivity contribution in [2.75, 3.05) is 26.2 Å². The molecule has 1 amide bonds. The Labute approximate surface area is 113 Å². The van der Waals surface area contributed by atoms with E-state index < -0.39 is 6.04 Å². The Balaban J connectivity index is 1.78. The van der Waals surface area contributed by atoms with Crippen molar-refractivity contribution in [3.63, 3.8) is 0 Å². The van der Waals surface area contributed by atoms with Gasteiger partial charge >= 0.3 is 0 Å². The Kier molecular flexibility index (Phi) is 4.76. The monoisotopic (exact) mass is 263 g/mol. The minimum absolute atomic E-state index is 0.0255. The molecule has 1 aromatic heterocycles. The number of rotatable bonds is 5. The third kappa shape index (κ3) is 3.68. The normalized spacial score (nSPS) is 18.3. The number of nitrogens with zero attached hydrogens (tertiary/aromatic N) is 2. The number of carbonyl (C=O) groups is 1. The van der Waals surface area contributed by atoms with Gasteiger partial charge in [0.05, 0.1) is 18.8 Å². The second-order valence-corrected chi connectivity index (χ2v) is 4.81. The molecule has 1 fully saturated rings. The van der Waals surface area contributed by atoms with Crippen LogP contribution in [0.4, 0.5) is 0 Å². The van der Waals surface area contributed by atoms with Gasteiger partial charge in [0.25, 0.3) is 0 Å². The predicted octanol–water partition coefficient (Wildman–Crippen LogP) is 0.827. The number of hydrogen-bond donors (Lipinski definition) is 1. The fourth-order valence-corrected chi connectivity index (χ4v) is 2.26. The van der Waals surface area contributed by atoms with Crippen LogP contribution in [0.3, 0.4) is 0 Å². The van der Waals surface area contributed by atoms with E-state index in [1.165, 1.54) is 0 Å². The molecule has 1 saturated heterocycles. The Hall–Kier alpha value is -1.59. The topological polar surface area (TPSA) is 62.7 Å². The molecule has 0 aromatic carbocycles. The lowest BCUT2D eigenvalue weighted by Gasteiger charge is -2.35. The van der Waals surface area contributed by atoms with Crippen LogP contribution in [-0.2, 0) is 11.3 Å². The molecule has 0 radical (unpaired) electrons. The van der Waals surface area contributed by atoms with Crippen LogP contribution in [0.1, 0.15) is 12.2 Å². The van der Waals surface area contributed by atoms with E-state index in [0.29, 0.717) is 6.42 Å². The number of nitrogens with two attached hydrogens (primary N) is 1. The van der Waals surface area contributed by atoms with E-state index in [1.807, 2.05) is 17.0 Å². The summed E-state index contributed by atoms with van der Waals surface area (Å²) in [5.74, 6) is 0.987. The lowest BCUT2D eigenvalue weighted by Crippen LogP contribution is -2.52. The molecule has 0 spiro atoms.